The van der Waals surface area contributed by atoms with Gasteiger partial charge in [-0.2, -0.15) is 4.31 Å². The fourth-order valence-corrected chi connectivity index (χ4v) is 5.55. The first kappa shape index (κ1) is 19.0. The first-order valence-electron chi connectivity index (χ1n) is 9.24. The highest BCUT2D eigenvalue weighted by Gasteiger charge is 2.25. The Balaban J connectivity index is 1.40. The van der Waals surface area contributed by atoms with E-state index in [2.05, 4.69) is 10.3 Å². The van der Waals surface area contributed by atoms with Crippen molar-refractivity contribution in [3.05, 3.63) is 59.1 Å². The predicted molar refractivity (Wildman–Crippen MR) is 110 cm³/mol. The summed E-state index contributed by atoms with van der Waals surface area (Å²) in [4.78, 5) is 16.9. The Kier molecular flexibility index (Phi) is 5.43. The third kappa shape index (κ3) is 3.94. The van der Waals surface area contributed by atoms with Crippen molar-refractivity contribution in [2.75, 3.05) is 13.1 Å². The summed E-state index contributed by atoms with van der Waals surface area (Å²) in [6, 6.07) is 12.2. The van der Waals surface area contributed by atoms with E-state index >= 15 is 0 Å². The number of carbonyl (C=O) groups is 1. The van der Waals surface area contributed by atoms with E-state index in [9.17, 15) is 13.2 Å². The van der Waals surface area contributed by atoms with Crippen molar-refractivity contribution in [3.63, 3.8) is 0 Å². The lowest BCUT2D eigenvalue weighted by Crippen LogP contribution is -2.35. The summed E-state index contributed by atoms with van der Waals surface area (Å²) in [7, 11) is -3.43. The Morgan fingerprint density at radius 2 is 1.82 bits per heavy atom. The van der Waals surface area contributed by atoms with Crippen molar-refractivity contribution in [3.8, 4) is 0 Å². The quantitative estimate of drug-likeness (QED) is 0.693. The van der Waals surface area contributed by atoms with Crippen LogP contribution in [-0.4, -0.2) is 36.7 Å². The molecular weight excluding hydrogens is 394 g/mol. The molecular formula is C20H21N3O3S2. The van der Waals surface area contributed by atoms with E-state index < -0.39 is 10.0 Å². The largest absolute Gasteiger partial charge is 0.348 e. The number of hydrogen-bond donors (Lipinski definition) is 1. The van der Waals surface area contributed by atoms with Gasteiger partial charge in [0.1, 0.15) is 0 Å². The third-order valence-electron chi connectivity index (χ3n) is 4.92. The molecule has 1 aliphatic rings. The smallest absolute Gasteiger partial charge is 0.251 e. The minimum atomic E-state index is -3.43. The summed E-state index contributed by atoms with van der Waals surface area (Å²) >= 11 is 1.50. The van der Waals surface area contributed by atoms with E-state index in [0.29, 0.717) is 30.1 Å². The van der Waals surface area contributed by atoms with Gasteiger partial charge < -0.3 is 5.32 Å². The van der Waals surface area contributed by atoms with Gasteiger partial charge in [-0.05, 0) is 48.7 Å². The van der Waals surface area contributed by atoms with Gasteiger partial charge in [-0.1, -0.05) is 18.6 Å². The molecule has 8 heteroatoms. The number of rotatable bonds is 5. The first-order chi connectivity index (χ1) is 13.5. The number of nitrogens with zero attached hydrogens (tertiary/aromatic N) is 2. The monoisotopic (exact) mass is 415 g/mol. The maximum Gasteiger partial charge on any atom is 0.251 e. The van der Waals surface area contributed by atoms with E-state index in [1.165, 1.54) is 11.3 Å². The molecule has 1 aliphatic heterocycles. The van der Waals surface area contributed by atoms with Crippen LogP contribution in [0.4, 0.5) is 0 Å². The molecule has 28 heavy (non-hydrogen) atoms. The highest BCUT2D eigenvalue weighted by molar-refractivity contribution is 7.89. The molecule has 1 aromatic heterocycles. The van der Waals surface area contributed by atoms with Crippen molar-refractivity contribution in [1.29, 1.82) is 0 Å². The number of hydrogen-bond acceptors (Lipinski definition) is 5. The van der Waals surface area contributed by atoms with Gasteiger partial charge in [-0.25, -0.2) is 13.4 Å². The molecule has 0 bridgehead atoms. The maximum atomic E-state index is 12.7. The number of amides is 1. The molecule has 2 heterocycles. The van der Waals surface area contributed by atoms with Crippen LogP contribution in [0.25, 0.3) is 10.2 Å². The zero-order valence-electron chi connectivity index (χ0n) is 15.3. The molecule has 1 N–H and O–H groups in total. The van der Waals surface area contributed by atoms with Crippen LogP contribution in [0, 0.1) is 0 Å². The number of fused-ring (bicyclic) bond motifs is 1. The van der Waals surface area contributed by atoms with Crippen LogP contribution in [0.2, 0.25) is 0 Å². The number of carbonyl (C=O) groups excluding carboxylic acids is 1. The molecule has 3 aromatic rings. The second kappa shape index (κ2) is 7.98. The van der Waals surface area contributed by atoms with Crippen LogP contribution in [0.5, 0.6) is 0 Å². The molecule has 0 atom stereocenters. The Bertz CT molecular complexity index is 1090. The number of nitrogens with one attached hydrogen (secondary N) is 1. The van der Waals surface area contributed by atoms with Gasteiger partial charge in [0.15, 0.2) is 0 Å². The minimum Gasteiger partial charge on any atom is -0.348 e. The lowest BCUT2D eigenvalue weighted by Gasteiger charge is -2.25. The molecule has 6 nitrogen and oxygen atoms in total. The van der Waals surface area contributed by atoms with Gasteiger partial charge in [-0.3, -0.25) is 4.79 Å². The molecule has 2 aromatic carbocycles. The predicted octanol–water partition coefficient (Wildman–Crippen LogP) is 3.40. The summed E-state index contributed by atoms with van der Waals surface area (Å²) in [5, 5.41) is 2.88. The van der Waals surface area contributed by atoms with Crippen LogP contribution in [0.1, 0.15) is 35.2 Å². The summed E-state index contributed by atoms with van der Waals surface area (Å²) in [6.07, 6.45) is 2.91. The summed E-state index contributed by atoms with van der Waals surface area (Å²) in [6.45, 7) is 1.51. The van der Waals surface area contributed by atoms with Gasteiger partial charge in [0.25, 0.3) is 5.91 Å². The standard InChI is InChI=1S/C20H21N3O3S2/c24-20(16-6-9-18-19(12-16)27-14-22-18)21-13-15-4-7-17(8-5-15)28(25,26)23-10-2-1-3-11-23/h4-9,12,14H,1-3,10-11,13H2,(H,21,24). The van der Waals surface area contributed by atoms with Crippen LogP contribution >= 0.6 is 11.3 Å². The Morgan fingerprint density at radius 3 is 2.57 bits per heavy atom. The molecule has 0 spiro atoms. The van der Waals surface area contributed by atoms with Crippen LogP contribution in [0.3, 0.4) is 0 Å². The van der Waals surface area contributed by atoms with Gasteiger partial charge in [0, 0.05) is 25.2 Å². The molecule has 146 valence electrons. The highest BCUT2D eigenvalue weighted by atomic mass is 32.2. The average molecular weight is 416 g/mol. The number of thiazole rings is 1. The number of piperidine rings is 1. The van der Waals surface area contributed by atoms with Gasteiger partial charge in [0.05, 0.1) is 20.6 Å². The summed E-state index contributed by atoms with van der Waals surface area (Å²) in [5.41, 5.74) is 4.07. The zero-order valence-corrected chi connectivity index (χ0v) is 16.9. The van der Waals surface area contributed by atoms with Gasteiger partial charge >= 0.3 is 0 Å². The van der Waals surface area contributed by atoms with Crippen molar-refractivity contribution in [1.82, 2.24) is 14.6 Å². The zero-order chi connectivity index (χ0) is 19.6. The maximum absolute atomic E-state index is 12.7. The average Bonchev–Trinajstić information content (AvgIpc) is 3.21. The molecule has 4 rings (SSSR count). The number of aromatic nitrogens is 1. The Morgan fingerprint density at radius 1 is 1.07 bits per heavy atom. The molecule has 0 unspecified atom stereocenters. The van der Waals surface area contributed by atoms with E-state index in [1.807, 2.05) is 12.1 Å². The minimum absolute atomic E-state index is 0.166. The van der Waals surface area contributed by atoms with E-state index in [0.717, 1.165) is 35.0 Å². The van der Waals surface area contributed by atoms with E-state index in [4.69, 9.17) is 0 Å². The molecule has 0 saturated carbocycles. The second-order valence-corrected chi connectivity index (χ2v) is 9.65. The molecule has 0 aliphatic carbocycles. The van der Waals surface area contributed by atoms with E-state index in [-0.39, 0.29) is 5.91 Å². The number of sulfonamides is 1. The molecule has 1 saturated heterocycles. The van der Waals surface area contributed by atoms with Crippen molar-refractivity contribution in [2.24, 2.45) is 0 Å². The second-order valence-electron chi connectivity index (χ2n) is 6.83. The molecule has 1 amide bonds. The van der Waals surface area contributed by atoms with Gasteiger partial charge in [-0.15, -0.1) is 11.3 Å². The fraction of sp³-hybridized carbons (Fsp3) is 0.300. The Hall–Kier alpha value is -2.29. The van der Waals surface area contributed by atoms with E-state index in [1.54, 1.807) is 40.1 Å². The van der Waals surface area contributed by atoms with Crippen LogP contribution in [-0.2, 0) is 16.6 Å². The lowest BCUT2D eigenvalue weighted by atomic mass is 10.2. The first-order valence-corrected chi connectivity index (χ1v) is 11.6. The fourth-order valence-electron chi connectivity index (χ4n) is 3.31. The Labute approximate surface area is 168 Å². The molecule has 1 fully saturated rings. The lowest BCUT2D eigenvalue weighted by molar-refractivity contribution is 0.0951. The van der Waals surface area contributed by atoms with Crippen molar-refractivity contribution < 1.29 is 13.2 Å². The van der Waals surface area contributed by atoms with Gasteiger partial charge in [0.2, 0.25) is 10.0 Å². The number of benzene rings is 2. The normalized spacial score (nSPS) is 15.6. The topological polar surface area (TPSA) is 79.4 Å². The SMILES string of the molecule is O=C(NCc1ccc(S(=O)(=O)N2CCCCC2)cc1)c1ccc2ncsc2c1. The highest BCUT2D eigenvalue weighted by Crippen LogP contribution is 2.21. The van der Waals surface area contributed by atoms with Crippen LogP contribution in [0.15, 0.2) is 52.9 Å². The van der Waals surface area contributed by atoms with Crippen molar-refractivity contribution in [2.45, 2.75) is 30.7 Å². The summed E-state index contributed by atoms with van der Waals surface area (Å²) < 4.78 is 27.9. The molecule has 0 radical (unpaired) electrons. The summed E-state index contributed by atoms with van der Waals surface area (Å²) in [5.74, 6) is -0.166. The van der Waals surface area contributed by atoms with Crippen molar-refractivity contribution >= 4 is 37.5 Å². The third-order valence-corrected chi connectivity index (χ3v) is 7.63. The van der Waals surface area contributed by atoms with Crippen LogP contribution < -0.4 is 5.32 Å².